The van der Waals surface area contributed by atoms with Gasteiger partial charge in [0.05, 0.1) is 23.1 Å². The normalized spacial score (nSPS) is 25.8. The van der Waals surface area contributed by atoms with Gasteiger partial charge < -0.3 is 35.2 Å². The van der Waals surface area contributed by atoms with Gasteiger partial charge in [0.25, 0.3) is 0 Å². The van der Waals surface area contributed by atoms with E-state index in [1.165, 1.54) is 0 Å². The lowest BCUT2D eigenvalue weighted by Crippen LogP contribution is -2.60. The number of hydrogen-bond acceptors (Lipinski definition) is 7. The Hall–Kier alpha value is -1.91. The highest BCUT2D eigenvalue weighted by Crippen LogP contribution is 2.27. The molecule has 3 rings (SSSR count). The Kier molecular flexibility index (Phi) is 8.12. The lowest BCUT2D eigenvalue weighted by atomic mass is 9.99. The van der Waals surface area contributed by atoms with Gasteiger partial charge >= 0.3 is 0 Å². The van der Waals surface area contributed by atoms with Crippen molar-refractivity contribution in [3.05, 3.63) is 63.6 Å². The predicted octanol–water partition coefficient (Wildman–Crippen LogP) is 1.03. The number of aliphatic hydroxyl groups is 4. The molecule has 2 aromatic rings. The highest BCUT2D eigenvalue weighted by Gasteiger charge is 2.44. The second-order valence-corrected chi connectivity index (χ2v) is 7.94. The molecular formula is C21H23Cl2NO7. The second-order valence-electron chi connectivity index (χ2n) is 7.12. The molecule has 0 aromatic heterocycles. The largest absolute Gasteiger partial charge is 0.462 e. The molecule has 5 unspecified atom stereocenters. The maximum absolute atomic E-state index is 12.4. The van der Waals surface area contributed by atoms with Gasteiger partial charge in [0, 0.05) is 12.1 Å². The average Bonchev–Trinajstić information content (AvgIpc) is 2.76. The van der Waals surface area contributed by atoms with Crippen molar-refractivity contribution in [2.45, 2.75) is 43.7 Å². The highest BCUT2D eigenvalue weighted by atomic mass is 35.5. The summed E-state index contributed by atoms with van der Waals surface area (Å²) in [5.41, 5.74) is 1.31. The molecule has 2 aromatic carbocycles. The van der Waals surface area contributed by atoms with E-state index in [0.717, 1.165) is 5.56 Å². The summed E-state index contributed by atoms with van der Waals surface area (Å²) in [6.07, 6.45) is -7.04. The maximum Gasteiger partial charge on any atom is 0.229 e. The Morgan fingerprint density at radius 2 is 1.77 bits per heavy atom. The van der Waals surface area contributed by atoms with Gasteiger partial charge in [-0.3, -0.25) is 4.79 Å². The number of rotatable bonds is 7. The van der Waals surface area contributed by atoms with Crippen LogP contribution in [0.25, 0.3) is 0 Å². The molecule has 10 heteroatoms. The van der Waals surface area contributed by atoms with Gasteiger partial charge in [0.15, 0.2) is 0 Å². The highest BCUT2D eigenvalue weighted by molar-refractivity contribution is 6.42. The third kappa shape index (κ3) is 5.87. The molecule has 31 heavy (non-hydrogen) atoms. The minimum atomic E-state index is -1.56. The fourth-order valence-electron chi connectivity index (χ4n) is 3.14. The number of aliphatic hydroxyl groups excluding tert-OH is 4. The molecule has 1 heterocycles. The van der Waals surface area contributed by atoms with Gasteiger partial charge in [-0.25, -0.2) is 0 Å². The molecule has 1 saturated heterocycles. The number of benzene rings is 2. The van der Waals surface area contributed by atoms with E-state index in [1.54, 1.807) is 42.5 Å². The third-order valence-electron chi connectivity index (χ3n) is 4.89. The number of nitrogens with one attached hydrogen (secondary N) is 1. The molecule has 0 aliphatic carbocycles. The van der Waals surface area contributed by atoms with E-state index in [9.17, 15) is 25.2 Å². The monoisotopic (exact) mass is 471 g/mol. The van der Waals surface area contributed by atoms with Crippen LogP contribution in [0.3, 0.4) is 0 Å². The van der Waals surface area contributed by atoms with Crippen molar-refractivity contribution in [1.82, 2.24) is 5.32 Å². The first-order valence-electron chi connectivity index (χ1n) is 9.56. The van der Waals surface area contributed by atoms with Crippen molar-refractivity contribution in [3.63, 3.8) is 0 Å². The van der Waals surface area contributed by atoms with Crippen LogP contribution in [0.1, 0.15) is 11.1 Å². The molecule has 5 atom stereocenters. The van der Waals surface area contributed by atoms with Crippen molar-refractivity contribution >= 4 is 29.1 Å². The molecule has 0 bridgehead atoms. The zero-order valence-electron chi connectivity index (χ0n) is 16.3. The molecule has 0 saturated carbocycles. The standard InChI is InChI=1S/C21H23Cl2NO7/c22-13-6-5-11(7-14(13)23)9-24-17(26)8-12-3-1-2-4-15(12)30-21-20(29)19(28)18(27)16(10-25)31-21/h1-7,16,18-21,25,27-29H,8-10H2,(H,24,26). The maximum atomic E-state index is 12.4. The molecule has 168 valence electrons. The number of carbonyl (C=O) groups excluding carboxylic acids is 1. The van der Waals surface area contributed by atoms with Gasteiger partial charge in [0.1, 0.15) is 30.2 Å². The van der Waals surface area contributed by atoms with Crippen LogP contribution in [0.4, 0.5) is 0 Å². The summed E-state index contributed by atoms with van der Waals surface area (Å²) in [6.45, 7) is -0.310. The third-order valence-corrected chi connectivity index (χ3v) is 5.63. The quantitative estimate of drug-likeness (QED) is 0.407. The summed E-state index contributed by atoms with van der Waals surface area (Å²) in [4.78, 5) is 12.4. The smallest absolute Gasteiger partial charge is 0.229 e. The zero-order chi connectivity index (χ0) is 22.5. The Morgan fingerprint density at radius 1 is 1.03 bits per heavy atom. The molecule has 1 fully saturated rings. The van der Waals surface area contributed by atoms with E-state index in [2.05, 4.69) is 5.32 Å². The summed E-state index contributed by atoms with van der Waals surface area (Å²) in [7, 11) is 0. The molecule has 1 aliphatic rings. The lowest BCUT2D eigenvalue weighted by molar-refractivity contribution is -0.277. The summed E-state index contributed by atoms with van der Waals surface area (Å²) in [5, 5.41) is 42.9. The van der Waals surface area contributed by atoms with Crippen molar-refractivity contribution < 1.29 is 34.7 Å². The summed E-state index contributed by atoms with van der Waals surface area (Å²) < 4.78 is 11.0. The Morgan fingerprint density at radius 3 is 2.48 bits per heavy atom. The van der Waals surface area contributed by atoms with Crippen molar-refractivity contribution in [3.8, 4) is 5.75 Å². The van der Waals surface area contributed by atoms with Crippen molar-refractivity contribution in [2.75, 3.05) is 6.61 Å². The fraction of sp³-hybridized carbons (Fsp3) is 0.381. The molecule has 0 radical (unpaired) electrons. The van der Waals surface area contributed by atoms with E-state index >= 15 is 0 Å². The van der Waals surface area contributed by atoms with Gasteiger partial charge in [-0.05, 0) is 23.8 Å². The van der Waals surface area contributed by atoms with Crippen LogP contribution < -0.4 is 10.1 Å². The van der Waals surface area contributed by atoms with Gasteiger partial charge in [-0.2, -0.15) is 0 Å². The number of para-hydroxylation sites is 1. The van der Waals surface area contributed by atoms with Crippen LogP contribution in [0.5, 0.6) is 5.75 Å². The molecule has 1 aliphatic heterocycles. The van der Waals surface area contributed by atoms with E-state index in [0.29, 0.717) is 15.6 Å². The summed E-state index contributed by atoms with van der Waals surface area (Å²) >= 11 is 11.9. The van der Waals surface area contributed by atoms with Crippen LogP contribution in [-0.2, 0) is 22.5 Å². The minimum Gasteiger partial charge on any atom is -0.462 e. The Bertz CT molecular complexity index is 911. The Balaban J connectivity index is 1.64. The molecular weight excluding hydrogens is 449 g/mol. The zero-order valence-corrected chi connectivity index (χ0v) is 17.8. The first kappa shape index (κ1) is 23.7. The predicted molar refractivity (Wildman–Crippen MR) is 113 cm³/mol. The summed E-state index contributed by atoms with van der Waals surface area (Å²) in [6, 6.07) is 11.7. The fourth-order valence-corrected chi connectivity index (χ4v) is 3.46. The van der Waals surface area contributed by atoms with Crippen LogP contribution >= 0.6 is 23.2 Å². The topological polar surface area (TPSA) is 128 Å². The molecule has 1 amide bonds. The number of amides is 1. The second kappa shape index (κ2) is 10.6. The van der Waals surface area contributed by atoms with E-state index in [4.69, 9.17) is 32.7 Å². The first-order valence-corrected chi connectivity index (χ1v) is 10.3. The Labute approximate surface area is 188 Å². The average molecular weight is 472 g/mol. The van der Waals surface area contributed by atoms with Gasteiger partial charge in [0.2, 0.25) is 12.2 Å². The van der Waals surface area contributed by atoms with Crippen LogP contribution in [-0.4, -0.2) is 63.6 Å². The number of ether oxygens (including phenoxy) is 2. The lowest BCUT2D eigenvalue weighted by Gasteiger charge is -2.39. The van der Waals surface area contributed by atoms with Crippen molar-refractivity contribution in [2.24, 2.45) is 0 Å². The van der Waals surface area contributed by atoms with Crippen LogP contribution in [0.2, 0.25) is 10.0 Å². The minimum absolute atomic E-state index is 0.0189. The van der Waals surface area contributed by atoms with Gasteiger partial charge in [-0.1, -0.05) is 47.5 Å². The van der Waals surface area contributed by atoms with E-state index in [1.807, 2.05) is 0 Å². The first-order chi connectivity index (χ1) is 14.8. The van der Waals surface area contributed by atoms with Crippen molar-refractivity contribution in [1.29, 1.82) is 0 Å². The van der Waals surface area contributed by atoms with E-state index < -0.39 is 37.3 Å². The number of hydrogen-bond donors (Lipinski definition) is 5. The molecule has 5 N–H and O–H groups in total. The molecule has 0 spiro atoms. The van der Waals surface area contributed by atoms with Crippen LogP contribution in [0.15, 0.2) is 42.5 Å². The van der Waals surface area contributed by atoms with E-state index in [-0.39, 0.29) is 24.6 Å². The number of halogens is 2. The molecule has 8 nitrogen and oxygen atoms in total. The van der Waals surface area contributed by atoms with Gasteiger partial charge in [-0.15, -0.1) is 0 Å². The summed E-state index contributed by atoms with van der Waals surface area (Å²) in [5.74, 6) is -0.0209. The number of carbonyl (C=O) groups is 1. The SMILES string of the molecule is O=C(Cc1ccccc1OC1OC(CO)C(O)C(O)C1O)NCc1ccc(Cl)c(Cl)c1. The van der Waals surface area contributed by atoms with Crippen LogP contribution in [0, 0.1) is 0 Å².